The van der Waals surface area contributed by atoms with E-state index in [4.69, 9.17) is 16.3 Å². The van der Waals surface area contributed by atoms with Crippen molar-refractivity contribution in [2.45, 2.75) is 11.8 Å². The lowest BCUT2D eigenvalue weighted by Gasteiger charge is -2.02. The smallest absolute Gasteiger partial charge is 0.338 e. The number of carbonyl (C=O) groups is 1. The van der Waals surface area contributed by atoms with Crippen molar-refractivity contribution >= 4 is 30.2 Å². The molecule has 1 aromatic carbocycles. The number of benzene rings is 1. The normalized spacial score (nSPS) is 9.77. The number of ether oxygens (including phenoxy) is 1. The van der Waals surface area contributed by atoms with E-state index in [0.717, 1.165) is 0 Å². The molecule has 0 radical (unpaired) electrons. The Labute approximate surface area is 87.3 Å². The van der Waals surface area contributed by atoms with Gasteiger partial charge in [-0.2, -0.15) is 0 Å². The molecule has 0 amide bonds. The Morgan fingerprint density at radius 1 is 1.62 bits per heavy atom. The third-order valence-electron chi connectivity index (χ3n) is 1.46. The van der Waals surface area contributed by atoms with Crippen molar-refractivity contribution in [3.63, 3.8) is 0 Å². The Balaban J connectivity index is 2.90. The van der Waals surface area contributed by atoms with Crippen molar-refractivity contribution in [3.8, 4) is 0 Å². The first kappa shape index (κ1) is 10.4. The molecular weight excluding hydrogens is 208 g/mol. The minimum absolute atomic E-state index is 0.360. The second-order valence-corrected chi connectivity index (χ2v) is 3.28. The molecule has 13 heavy (non-hydrogen) atoms. The van der Waals surface area contributed by atoms with E-state index in [2.05, 4.69) is 12.6 Å². The zero-order valence-corrected chi connectivity index (χ0v) is 8.73. The van der Waals surface area contributed by atoms with E-state index in [1.165, 1.54) is 0 Å². The van der Waals surface area contributed by atoms with E-state index in [0.29, 0.717) is 22.1 Å². The molecule has 1 aromatic rings. The zero-order valence-electron chi connectivity index (χ0n) is 7.08. The molecule has 0 spiro atoms. The molecule has 0 aliphatic carbocycles. The highest BCUT2D eigenvalue weighted by atomic mass is 35.5. The number of hydrogen-bond acceptors (Lipinski definition) is 3. The van der Waals surface area contributed by atoms with Gasteiger partial charge in [-0.3, -0.25) is 0 Å². The fraction of sp³-hybridized carbons (Fsp3) is 0.222. The van der Waals surface area contributed by atoms with Crippen LogP contribution in [0.3, 0.4) is 0 Å². The maximum absolute atomic E-state index is 11.2. The number of halogens is 1. The highest BCUT2D eigenvalue weighted by Gasteiger charge is 2.07. The molecule has 4 heteroatoms. The number of thiol groups is 1. The van der Waals surface area contributed by atoms with Crippen molar-refractivity contribution < 1.29 is 9.53 Å². The third kappa shape index (κ3) is 2.64. The summed E-state index contributed by atoms with van der Waals surface area (Å²) in [6, 6.07) is 4.84. The average molecular weight is 217 g/mol. The van der Waals surface area contributed by atoms with E-state index in [9.17, 15) is 4.79 Å². The van der Waals surface area contributed by atoms with Crippen molar-refractivity contribution in [1.29, 1.82) is 0 Å². The second-order valence-electron chi connectivity index (χ2n) is 2.39. The number of carbonyl (C=O) groups excluding carboxylic acids is 1. The van der Waals surface area contributed by atoms with Crippen molar-refractivity contribution in [3.05, 3.63) is 28.8 Å². The van der Waals surface area contributed by atoms with Crippen LogP contribution in [0.15, 0.2) is 23.1 Å². The van der Waals surface area contributed by atoms with Crippen LogP contribution in [0, 0.1) is 0 Å². The van der Waals surface area contributed by atoms with Gasteiger partial charge in [-0.05, 0) is 25.1 Å². The molecule has 0 saturated carbocycles. The summed E-state index contributed by atoms with van der Waals surface area (Å²) in [6.45, 7) is 2.12. The molecule has 1 rings (SSSR count). The van der Waals surface area contributed by atoms with Crippen LogP contribution in [0.5, 0.6) is 0 Å². The fourth-order valence-electron chi connectivity index (χ4n) is 0.848. The second kappa shape index (κ2) is 4.53. The fourth-order valence-corrected chi connectivity index (χ4v) is 1.17. The highest BCUT2D eigenvalue weighted by molar-refractivity contribution is 7.80. The van der Waals surface area contributed by atoms with E-state index in [1.54, 1.807) is 25.1 Å². The zero-order chi connectivity index (χ0) is 9.84. The molecule has 2 nitrogen and oxygen atoms in total. The topological polar surface area (TPSA) is 26.3 Å². The Kier molecular flexibility index (Phi) is 3.63. The molecular formula is C9H9ClO2S. The molecule has 0 aliphatic heterocycles. The monoisotopic (exact) mass is 216 g/mol. The molecule has 70 valence electrons. The molecule has 0 unspecified atom stereocenters. The van der Waals surface area contributed by atoms with E-state index < -0.39 is 0 Å². The van der Waals surface area contributed by atoms with Gasteiger partial charge in [-0.15, -0.1) is 12.6 Å². The van der Waals surface area contributed by atoms with Gasteiger partial charge in [0.2, 0.25) is 0 Å². The van der Waals surface area contributed by atoms with Gasteiger partial charge in [0.15, 0.2) is 0 Å². The first-order chi connectivity index (χ1) is 6.15. The van der Waals surface area contributed by atoms with Crippen LogP contribution in [0.25, 0.3) is 0 Å². The van der Waals surface area contributed by atoms with Gasteiger partial charge in [0.05, 0.1) is 17.2 Å². The van der Waals surface area contributed by atoms with Gasteiger partial charge in [0.1, 0.15) is 0 Å². The van der Waals surface area contributed by atoms with Crippen molar-refractivity contribution in [1.82, 2.24) is 0 Å². The van der Waals surface area contributed by atoms with Crippen molar-refractivity contribution in [2.75, 3.05) is 6.61 Å². The molecule has 0 heterocycles. The largest absolute Gasteiger partial charge is 0.462 e. The Morgan fingerprint density at radius 2 is 2.31 bits per heavy atom. The summed E-state index contributed by atoms with van der Waals surface area (Å²) < 4.78 is 4.80. The van der Waals surface area contributed by atoms with Gasteiger partial charge in [-0.25, -0.2) is 4.79 Å². The third-order valence-corrected chi connectivity index (χ3v) is 2.29. The number of rotatable bonds is 2. The molecule has 0 atom stereocenters. The lowest BCUT2D eigenvalue weighted by Crippen LogP contribution is -2.04. The lowest BCUT2D eigenvalue weighted by atomic mass is 10.2. The molecule has 0 bridgehead atoms. The Bertz CT molecular complexity index is 325. The average Bonchev–Trinajstić information content (AvgIpc) is 2.10. The number of hydrogen-bond donors (Lipinski definition) is 1. The summed E-state index contributed by atoms with van der Waals surface area (Å²) in [5, 5.41) is 0.453. The van der Waals surface area contributed by atoms with Crippen LogP contribution < -0.4 is 0 Å². The SMILES string of the molecule is CCOC(=O)c1ccc(S)c(Cl)c1. The quantitative estimate of drug-likeness (QED) is 0.608. The highest BCUT2D eigenvalue weighted by Crippen LogP contribution is 2.21. The van der Waals surface area contributed by atoms with E-state index in [-0.39, 0.29) is 5.97 Å². The van der Waals surface area contributed by atoms with Crippen LogP contribution in [0.1, 0.15) is 17.3 Å². The Morgan fingerprint density at radius 3 is 2.85 bits per heavy atom. The first-order valence-corrected chi connectivity index (χ1v) is 4.63. The predicted octanol–water partition coefficient (Wildman–Crippen LogP) is 2.81. The molecule has 0 aliphatic rings. The maximum atomic E-state index is 11.2. The van der Waals surface area contributed by atoms with Gasteiger partial charge >= 0.3 is 5.97 Å². The maximum Gasteiger partial charge on any atom is 0.338 e. The van der Waals surface area contributed by atoms with Crippen LogP contribution in [-0.4, -0.2) is 12.6 Å². The van der Waals surface area contributed by atoms with Gasteiger partial charge in [-0.1, -0.05) is 11.6 Å². The Hall–Kier alpha value is -0.670. The van der Waals surface area contributed by atoms with E-state index >= 15 is 0 Å². The predicted molar refractivity (Wildman–Crippen MR) is 54.7 cm³/mol. The summed E-state index contributed by atoms with van der Waals surface area (Å²) in [7, 11) is 0. The van der Waals surface area contributed by atoms with E-state index in [1.807, 2.05) is 0 Å². The van der Waals surface area contributed by atoms with Gasteiger partial charge < -0.3 is 4.74 Å². The standard InChI is InChI=1S/C9H9ClO2S/c1-2-12-9(11)6-3-4-8(13)7(10)5-6/h3-5,13H,2H2,1H3. The van der Waals surface area contributed by atoms with Gasteiger partial charge in [0.25, 0.3) is 0 Å². The summed E-state index contributed by atoms with van der Waals surface area (Å²) >= 11 is 9.86. The van der Waals surface area contributed by atoms with Crippen LogP contribution in [-0.2, 0) is 4.74 Å². The van der Waals surface area contributed by atoms with Crippen LogP contribution in [0.4, 0.5) is 0 Å². The first-order valence-electron chi connectivity index (χ1n) is 3.80. The summed E-state index contributed by atoms with van der Waals surface area (Å²) in [5.41, 5.74) is 0.449. The number of esters is 1. The van der Waals surface area contributed by atoms with Crippen molar-refractivity contribution in [2.24, 2.45) is 0 Å². The van der Waals surface area contributed by atoms with Crippen LogP contribution in [0.2, 0.25) is 5.02 Å². The summed E-state index contributed by atoms with van der Waals surface area (Å²) in [6.07, 6.45) is 0. The summed E-state index contributed by atoms with van der Waals surface area (Å²) in [5.74, 6) is -0.363. The summed E-state index contributed by atoms with van der Waals surface area (Å²) in [4.78, 5) is 11.9. The van der Waals surface area contributed by atoms with Crippen LogP contribution >= 0.6 is 24.2 Å². The lowest BCUT2D eigenvalue weighted by molar-refractivity contribution is 0.0526. The minimum Gasteiger partial charge on any atom is -0.462 e. The molecule has 0 saturated heterocycles. The van der Waals surface area contributed by atoms with Gasteiger partial charge in [0, 0.05) is 4.90 Å². The molecule has 0 aromatic heterocycles. The molecule has 0 N–H and O–H groups in total. The molecule has 0 fully saturated rings. The minimum atomic E-state index is -0.363.